The van der Waals surface area contributed by atoms with Gasteiger partial charge in [0.05, 0.1) is 34.2 Å². The van der Waals surface area contributed by atoms with Crippen LogP contribution in [-0.4, -0.2) is 25.0 Å². The fourth-order valence-electron chi connectivity index (χ4n) is 4.39. The lowest BCUT2D eigenvalue weighted by molar-refractivity contribution is -0.111. The molecule has 0 saturated heterocycles. The van der Waals surface area contributed by atoms with E-state index in [0.29, 0.717) is 38.6 Å². The van der Waals surface area contributed by atoms with Crippen LogP contribution in [0.2, 0.25) is 10.0 Å². The highest BCUT2D eigenvalue weighted by molar-refractivity contribution is 6.40. The van der Waals surface area contributed by atoms with E-state index in [4.69, 9.17) is 32.9 Å². The van der Waals surface area contributed by atoms with Crippen molar-refractivity contribution in [2.24, 2.45) is 0 Å². The molecule has 0 unspecified atom stereocenters. The Balaban J connectivity index is 1.80. The molecule has 190 valence electrons. The largest absolute Gasteiger partial charge is 0.495 e. The van der Waals surface area contributed by atoms with Crippen LogP contribution in [0.25, 0.3) is 11.6 Å². The molecule has 6 nitrogen and oxygen atoms in total. The maximum absolute atomic E-state index is 11.9. The lowest BCUT2D eigenvalue weighted by atomic mass is 9.92. The van der Waals surface area contributed by atoms with Gasteiger partial charge in [-0.15, -0.1) is 0 Å². The van der Waals surface area contributed by atoms with E-state index in [-0.39, 0.29) is 5.91 Å². The predicted molar refractivity (Wildman–Crippen MR) is 155 cm³/mol. The van der Waals surface area contributed by atoms with E-state index < -0.39 is 0 Å². The van der Waals surface area contributed by atoms with Crippen LogP contribution in [0.4, 0.5) is 22.9 Å². The molecule has 2 aromatic carbocycles. The molecule has 37 heavy (non-hydrogen) atoms. The molecule has 0 spiro atoms. The summed E-state index contributed by atoms with van der Waals surface area (Å²) in [6, 6.07) is 9.29. The number of hydrogen-bond donors (Lipinski definition) is 2. The highest BCUT2D eigenvalue weighted by atomic mass is 35.5. The van der Waals surface area contributed by atoms with Crippen LogP contribution in [0.5, 0.6) is 5.75 Å². The number of allylic oxidation sites excluding steroid dienone is 1. The summed E-state index contributed by atoms with van der Waals surface area (Å²) in [7, 11) is 3.54. The highest BCUT2D eigenvalue weighted by Crippen LogP contribution is 2.47. The van der Waals surface area contributed by atoms with Gasteiger partial charge in [-0.05, 0) is 49.3 Å². The minimum atomic E-state index is -0.292. The van der Waals surface area contributed by atoms with E-state index in [1.165, 1.54) is 6.08 Å². The summed E-state index contributed by atoms with van der Waals surface area (Å²) in [6.45, 7) is 11.9. The van der Waals surface area contributed by atoms with Crippen molar-refractivity contribution >= 4 is 63.6 Å². The maximum Gasteiger partial charge on any atom is 0.247 e. The van der Waals surface area contributed by atoms with Crippen molar-refractivity contribution in [2.45, 2.75) is 20.3 Å². The first-order chi connectivity index (χ1) is 17.7. The van der Waals surface area contributed by atoms with Crippen molar-refractivity contribution in [3.8, 4) is 5.75 Å². The Morgan fingerprint density at radius 1 is 1.22 bits per heavy atom. The van der Waals surface area contributed by atoms with Gasteiger partial charge < -0.3 is 20.3 Å². The third kappa shape index (κ3) is 4.82. The summed E-state index contributed by atoms with van der Waals surface area (Å²) in [5.74, 6) is 0.927. The number of nitrogens with one attached hydrogen (secondary N) is 2. The number of fused-ring (bicyclic) bond motifs is 1. The van der Waals surface area contributed by atoms with Gasteiger partial charge in [0.2, 0.25) is 5.91 Å². The molecule has 1 aromatic heterocycles. The number of pyridine rings is 1. The summed E-state index contributed by atoms with van der Waals surface area (Å²) in [5.41, 5.74) is 7.27. The number of rotatable bonds is 7. The smallest absolute Gasteiger partial charge is 0.247 e. The Kier molecular flexibility index (Phi) is 7.62. The number of ether oxygens (including phenoxy) is 1. The van der Waals surface area contributed by atoms with Crippen LogP contribution >= 0.6 is 23.2 Å². The number of para-hydroxylation sites is 2. The van der Waals surface area contributed by atoms with Crippen molar-refractivity contribution in [2.75, 3.05) is 29.7 Å². The van der Waals surface area contributed by atoms with Crippen LogP contribution in [0.15, 0.2) is 61.5 Å². The van der Waals surface area contributed by atoms with Gasteiger partial charge in [0.1, 0.15) is 11.6 Å². The molecule has 1 aliphatic rings. The minimum absolute atomic E-state index is 0.292. The number of carbonyl (C=O) groups excluding carboxylic acids is 1. The number of hydrogen-bond acceptors (Lipinski definition) is 5. The van der Waals surface area contributed by atoms with Crippen LogP contribution < -0.4 is 20.3 Å². The average molecular weight is 535 g/mol. The lowest BCUT2D eigenvalue weighted by Crippen LogP contribution is -2.23. The van der Waals surface area contributed by atoms with Crippen LogP contribution in [0, 0.1) is 6.92 Å². The molecule has 0 radical (unpaired) electrons. The SMILES string of the molecule is C=CC(=O)Nc1ccccc1Nc1ncc2c(c1C)N(C)C(=C)C(c1c(Cl)c(CC)cc(OC)c1Cl)=C2. The monoisotopic (exact) mass is 534 g/mol. The van der Waals surface area contributed by atoms with Gasteiger partial charge in [-0.2, -0.15) is 0 Å². The molecule has 0 saturated carbocycles. The maximum atomic E-state index is 11.9. The number of carbonyl (C=O) groups is 1. The van der Waals surface area contributed by atoms with Crippen LogP contribution in [-0.2, 0) is 11.2 Å². The second-order valence-electron chi connectivity index (χ2n) is 8.56. The number of aryl methyl sites for hydroxylation is 1. The summed E-state index contributed by atoms with van der Waals surface area (Å²) in [6.07, 6.45) is 5.76. The van der Waals surface area contributed by atoms with Gasteiger partial charge in [-0.1, -0.05) is 55.4 Å². The van der Waals surface area contributed by atoms with Gasteiger partial charge in [0, 0.05) is 41.2 Å². The van der Waals surface area contributed by atoms with E-state index in [0.717, 1.165) is 40.1 Å². The van der Waals surface area contributed by atoms with E-state index in [2.05, 4.69) is 23.8 Å². The number of halogens is 2. The fraction of sp³-hybridized carbons (Fsp3) is 0.172. The Bertz CT molecular complexity index is 1430. The first kappa shape index (κ1) is 26.3. The normalized spacial score (nSPS) is 12.5. The average Bonchev–Trinajstić information content (AvgIpc) is 2.89. The molecule has 8 heteroatoms. The molecule has 0 atom stereocenters. The summed E-state index contributed by atoms with van der Waals surface area (Å²) in [4.78, 5) is 18.6. The predicted octanol–water partition coefficient (Wildman–Crippen LogP) is 7.64. The number of nitrogens with zero attached hydrogens (tertiary/aromatic N) is 2. The van der Waals surface area contributed by atoms with Crippen LogP contribution in [0.1, 0.15) is 29.2 Å². The number of anilines is 4. The molecule has 0 fully saturated rings. The second-order valence-corrected chi connectivity index (χ2v) is 9.31. The van der Waals surface area contributed by atoms with Crippen molar-refractivity contribution in [3.05, 3.63) is 93.8 Å². The van der Waals surface area contributed by atoms with Gasteiger partial charge in [0.15, 0.2) is 0 Å². The zero-order chi connectivity index (χ0) is 26.9. The third-order valence-electron chi connectivity index (χ3n) is 6.40. The van der Waals surface area contributed by atoms with Crippen molar-refractivity contribution in [3.63, 3.8) is 0 Å². The molecule has 2 N–H and O–H groups in total. The standard InChI is InChI=1S/C29H28Cl2N4O2/c1-7-18-14-23(37-6)27(31)25(26(18)30)20-13-19-15-32-29(16(3)28(19)35(5)17(20)4)34-22-12-10-9-11-21(22)33-24(36)8-2/h8-15H,2,4,7H2,1,3,5-6H3,(H,32,34)(H,33,36). The molecule has 0 aliphatic carbocycles. The first-order valence-electron chi connectivity index (χ1n) is 11.7. The Hall–Kier alpha value is -3.74. The van der Waals surface area contributed by atoms with E-state index in [1.54, 1.807) is 13.3 Å². The Morgan fingerprint density at radius 3 is 2.57 bits per heavy atom. The molecule has 1 amide bonds. The summed E-state index contributed by atoms with van der Waals surface area (Å²) >= 11 is 13.6. The zero-order valence-electron chi connectivity index (χ0n) is 21.2. The number of likely N-dealkylation sites (N-methyl/N-ethyl adjacent to an activating group) is 1. The summed E-state index contributed by atoms with van der Waals surface area (Å²) in [5, 5.41) is 7.19. The lowest BCUT2D eigenvalue weighted by Gasteiger charge is -2.33. The van der Waals surface area contributed by atoms with Gasteiger partial charge in [0.25, 0.3) is 0 Å². The third-order valence-corrected chi connectivity index (χ3v) is 7.21. The number of aromatic nitrogens is 1. The summed E-state index contributed by atoms with van der Waals surface area (Å²) < 4.78 is 5.52. The quantitative estimate of drug-likeness (QED) is 0.305. The molecule has 4 rings (SSSR count). The van der Waals surface area contributed by atoms with Gasteiger partial charge in [-0.3, -0.25) is 4.79 Å². The van der Waals surface area contributed by atoms with Gasteiger partial charge >= 0.3 is 0 Å². The first-order valence-corrected chi connectivity index (χ1v) is 12.5. The molecule has 2 heterocycles. The fourth-order valence-corrected chi connectivity index (χ4v) is 5.15. The highest BCUT2D eigenvalue weighted by Gasteiger charge is 2.28. The minimum Gasteiger partial charge on any atom is -0.495 e. The van der Waals surface area contributed by atoms with E-state index in [9.17, 15) is 4.79 Å². The van der Waals surface area contributed by atoms with Crippen LogP contribution in [0.3, 0.4) is 0 Å². The molecular weight excluding hydrogens is 507 g/mol. The number of methoxy groups -OCH3 is 1. The zero-order valence-corrected chi connectivity index (χ0v) is 22.7. The Labute approximate surface area is 227 Å². The second kappa shape index (κ2) is 10.7. The van der Waals surface area contributed by atoms with Gasteiger partial charge in [-0.25, -0.2) is 4.98 Å². The van der Waals surface area contributed by atoms with Crippen molar-refractivity contribution < 1.29 is 9.53 Å². The molecule has 1 aliphatic heterocycles. The van der Waals surface area contributed by atoms with Crippen molar-refractivity contribution in [1.29, 1.82) is 0 Å². The van der Waals surface area contributed by atoms with E-state index >= 15 is 0 Å². The molecular formula is C29H28Cl2N4O2. The number of benzene rings is 2. The van der Waals surface area contributed by atoms with Crippen molar-refractivity contribution in [1.82, 2.24) is 4.98 Å². The number of amides is 1. The molecule has 3 aromatic rings. The van der Waals surface area contributed by atoms with E-state index in [1.807, 2.05) is 62.2 Å². The molecule has 0 bridgehead atoms. The topological polar surface area (TPSA) is 66.5 Å². The Morgan fingerprint density at radius 2 is 1.92 bits per heavy atom.